The number of piperidine rings is 1. The second-order valence-electron chi connectivity index (χ2n) is 5.98. The van der Waals surface area contributed by atoms with Gasteiger partial charge in [0.1, 0.15) is 11.0 Å². The van der Waals surface area contributed by atoms with E-state index >= 15 is 0 Å². The summed E-state index contributed by atoms with van der Waals surface area (Å²) in [4.78, 5) is 35.1. The summed E-state index contributed by atoms with van der Waals surface area (Å²) < 4.78 is 8.41. The topological polar surface area (TPSA) is 77.3 Å². The number of hydrogen-bond donors (Lipinski definition) is 0. The van der Waals surface area contributed by atoms with Gasteiger partial charge in [0, 0.05) is 19.1 Å². The van der Waals surface area contributed by atoms with Gasteiger partial charge in [-0.25, -0.2) is 14.8 Å². The number of likely N-dealkylation sites (tertiary alicyclic amines) is 1. The van der Waals surface area contributed by atoms with E-state index in [1.807, 2.05) is 6.26 Å². The first kappa shape index (κ1) is 18.2. The van der Waals surface area contributed by atoms with Gasteiger partial charge in [0.2, 0.25) is 0 Å². The fourth-order valence-electron chi connectivity index (χ4n) is 2.88. The highest BCUT2D eigenvalue weighted by molar-refractivity contribution is 8.00. The molecule has 2 aromatic rings. The number of ether oxygens (including phenoxy) is 1. The van der Waals surface area contributed by atoms with Gasteiger partial charge in [-0.15, -0.1) is 11.3 Å². The van der Waals surface area contributed by atoms with Crippen molar-refractivity contribution in [2.75, 3.05) is 26.0 Å². The molecule has 0 aromatic carbocycles. The Morgan fingerprint density at radius 3 is 2.88 bits per heavy atom. The minimum Gasteiger partial charge on any atom is -0.449 e. The lowest BCUT2D eigenvalue weighted by Gasteiger charge is -2.32. The van der Waals surface area contributed by atoms with Gasteiger partial charge in [-0.2, -0.15) is 0 Å². The van der Waals surface area contributed by atoms with Crippen molar-refractivity contribution in [1.82, 2.24) is 19.4 Å². The Bertz CT molecular complexity index is 796. The summed E-state index contributed by atoms with van der Waals surface area (Å²) in [6.45, 7) is 3.73. The fraction of sp³-hybridized carbons (Fsp3) is 0.625. The lowest BCUT2D eigenvalue weighted by molar-refractivity contribution is 0.0872. The maximum absolute atomic E-state index is 12.7. The minimum absolute atomic E-state index is 0.0354. The highest BCUT2D eigenvalue weighted by atomic mass is 32.2. The third-order valence-corrected chi connectivity index (χ3v) is 6.35. The zero-order valence-corrected chi connectivity index (χ0v) is 16.1. The van der Waals surface area contributed by atoms with Crippen LogP contribution in [-0.4, -0.2) is 51.5 Å². The fourth-order valence-corrected chi connectivity index (χ4v) is 4.33. The molecule has 0 spiro atoms. The van der Waals surface area contributed by atoms with Crippen molar-refractivity contribution >= 4 is 39.5 Å². The van der Waals surface area contributed by atoms with Crippen LogP contribution in [0.5, 0.6) is 0 Å². The maximum atomic E-state index is 12.7. The van der Waals surface area contributed by atoms with Gasteiger partial charge in [-0.3, -0.25) is 9.36 Å². The van der Waals surface area contributed by atoms with Crippen LogP contribution in [0, 0.1) is 0 Å². The number of thiazole rings is 1. The molecule has 1 saturated heterocycles. The highest BCUT2D eigenvalue weighted by Crippen LogP contribution is 2.26. The molecule has 0 unspecified atom stereocenters. The third kappa shape index (κ3) is 3.98. The number of carbonyl (C=O) groups excluding carboxylic acids is 1. The minimum atomic E-state index is -0.250. The van der Waals surface area contributed by atoms with Gasteiger partial charge in [0.15, 0.2) is 9.99 Å². The number of carbonyl (C=O) groups is 1. The summed E-state index contributed by atoms with van der Waals surface area (Å²) in [6, 6.07) is 0.0592. The summed E-state index contributed by atoms with van der Waals surface area (Å²) in [5.74, 6) is 0. The summed E-state index contributed by atoms with van der Waals surface area (Å²) >= 11 is 2.91. The van der Waals surface area contributed by atoms with Crippen LogP contribution < -0.4 is 5.56 Å². The summed E-state index contributed by atoms with van der Waals surface area (Å²) in [6.07, 6.45) is 6.62. The van der Waals surface area contributed by atoms with Crippen LogP contribution in [0.3, 0.4) is 0 Å². The number of hydrogen-bond acceptors (Lipinski definition) is 7. The van der Waals surface area contributed by atoms with Crippen molar-refractivity contribution in [1.29, 1.82) is 0 Å². The van der Waals surface area contributed by atoms with Crippen molar-refractivity contribution in [2.45, 2.75) is 43.0 Å². The van der Waals surface area contributed by atoms with Crippen molar-refractivity contribution < 1.29 is 9.53 Å². The van der Waals surface area contributed by atoms with Crippen molar-refractivity contribution in [2.24, 2.45) is 0 Å². The molecule has 1 aliphatic heterocycles. The van der Waals surface area contributed by atoms with Gasteiger partial charge in [0.05, 0.1) is 6.61 Å². The quantitative estimate of drug-likeness (QED) is 0.584. The molecule has 0 saturated carbocycles. The molecule has 136 valence electrons. The average molecular weight is 383 g/mol. The van der Waals surface area contributed by atoms with Crippen molar-refractivity contribution in [3.8, 4) is 0 Å². The molecule has 1 amide bonds. The highest BCUT2D eigenvalue weighted by Gasteiger charge is 2.26. The number of unbranched alkanes of at least 4 members (excludes halogenated alkanes) is 1. The van der Waals surface area contributed by atoms with E-state index in [0.717, 1.165) is 30.0 Å². The van der Waals surface area contributed by atoms with E-state index in [-0.39, 0.29) is 17.7 Å². The first-order valence-electron chi connectivity index (χ1n) is 8.47. The molecule has 7 nitrogen and oxygen atoms in total. The van der Waals surface area contributed by atoms with Crippen LogP contribution in [0.4, 0.5) is 4.79 Å². The van der Waals surface area contributed by atoms with Crippen molar-refractivity contribution in [3.63, 3.8) is 0 Å². The van der Waals surface area contributed by atoms with Crippen LogP contribution >= 0.6 is 23.1 Å². The van der Waals surface area contributed by atoms with Crippen LogP contribution in [-0.2, 0) is 4.74 Å². The number of rotatable bonds is 5. The summed E-state index contributed by atoms with van der Waals surface area (Å²) in [7, 11) is 0. The lowest BCUT2D eigenvalue weighted by Crippen LogP contribution is -2.41. The summed E-state index contributed by atoms with van der Waals surface area (Å²) in [5.41, 5.74) is 0.485. The second kappa shape index (κ2) is 8.18. The predicted molar refractivity (Wildman–Crippen MR) is 99.6 cm³/mol. The Hall–Kier alpha value is -1.61. The number of aromatic nitrogens is 3. The second-order valence-corrected chi connectivity index (χ2v) is 8.03. The van der Waals surface area contributed by atoms with E-state index in [0.29, 0.717) is 30.0 Å². The van der Waals surface area contributed by atoms with E-state index in [1.165, 1.54) is 23.1 Å². The van der Waals surface area contributed by atoms with E-state index in [2.05, 4.69) is 16.9 Å². The molecular weight excluding hydrogens is 360 g/mol. The molecular formula is C16H22N4O3S2. The predicted octanol–water partition coefficient (Wildman–Crippen LogP) is 3.15. The number of amides is 1. The lowest BCUT2D eigenvalue weighted by atomic mass is 10.1. The standard InChI is InChI=1S/C16H22N4O3S2/c1-3-4-9-23-16(22)19-7-5-11(6-8-19)20-10-17-13-12(14(20)21)25-15(18-13)24-2/h10-11H,3-9H2,1-2H3. The maximum Gasteiger partial charge on any atom is 0.409 e. The molecule has 0 bridgehead atoms. The Morgan fingerprint density at radius 1 is 1.44 bits per heavy atom. The van der Waals surface area contributed by atoms with Gasteiger partial charge in [-0.05, 0) is 25.5 Å². The Labute approximate surface area is 154 Å². The van der Waals surface area contributed by atoms with E-state index in [4.69, 9.17) is 4.74 Å². The van der Waals surface area contributed by atoms with E-state index in [9.17, 15) is 9.59 Å². The average Bonchev–Trinajstić information content (AvgIpc) is 3.07. The van der Waals surface area contributed by atoms with Gasteiger partial charge in [0.25, 0.3) is 5.56 Å². The number of nitrogens with zero attached hydrogens (tertiary/aromatic N) is 4. The first-order valence-corrected chi connectivity index (χ1v) is 10.5. The smallest absolute Gasteiger partial charge is 0.409 e. The normalized spacial score (nSPS) is 15.7. The number of fused-ring (bicyclic) bond motifs is 1. The monoisotopic (exact) mass is 382 g/mol. The van der Waals surface area contributed by atoms with Crippen molar-refractivity contribution in [3.05, 3.63) is 16.7 Å². The zero-order chi connectivity index (χ0) is 17.8. The Balaban J connectivity index is 1.67. The molecule has 0 atom stereocenters. The van der Waals surface area contributed by atoms with E-state index in [1.54, 1.807) is 15.8 Å². The first-order chi connectivity index (χ1) is 12.1. The molecule has 1 aliphatic rings. The van der Waals surface area contributed by atoms with Crippen LogP contribution in [0.2, 0.25) is 0 Å². The van der Waals surface area contributed by atoms with Crippen LogP contribution in [0.15, 0.2) is 15.5 Å². The molecule has 2 aromatic heterocycles. The molecule has 1 fully saturated rings. The Kier molecular flexibility index (Phi) is 5.95. The largest absolute Gasteiger partial charge is 0.449 e. The molecule has 0 radical (unpaired) electrons. The molecule has 3 heterocycles. The van der Waals surface area contributed by atoms with E-state index < -0.39 is 0 Å². The summed E-state index contributed by atoms with van der Waals surface area (Å²) in [5, 5.41) is 0. The molecule has 9 heteroatoms. The molecule has 25 heavy (non-hydrogen) atoms. The SMILES string of the molecule is CCCCOC(=O)N1CCC(n2cnc3nc(SC)sc3c2=O)CC1. The van der Waals surface area contributed by atoms with Crippen LogP contribution in [0.25, 0.3) is 10.3 Å². The number of thioether (sulfide) groups is 1. The zero-order valence-electron chi connectivity index (χ0n) is 14.4. The third-order valence-electron chi connectivity index (χ3n) is 4.34. The van der Waals surface area contributed by atoms with Gasteiger partial charge < -0.3 is 9.64 Å². The van der Waals surface area contributed by atoms with Gasteiger partial charge >= 0.3 is 6.09 Å². The van der Waals surface area contributed by atoms with Gasteiger partial charge in [-0.1, -0.05) is 25.1 Å². The molecule has 3 rings (SSSR count). The molecule has 0 N–H and O–H groups in total. The van der Waals surface area contributed by atoms with Crippen LogP contribution in [0.1, 0.15) is 38.6 Å². The Morgan fingerprint density at radius 2 is 2.20 bits per heavy atom. The molecule has 0 aliphatic carbocycles.